The van der Waals surface area contributed by atoms with Crippen LogP contribution in [0.3, 0.4) is 0 Å². The fourth-order valence-electron chi connectivity index (χ4n) is 6.29. The first-order valence-electron chi connectivity index (χ1n) is 16.2. The number of nitrogens with zero attached hydrogens (tertiary/aromatic N) is 3. The van der Waals surface area contributed by atoms with Gasteiger partial charge >= 0.3 is 12.1 Å². The molecule has 0 N–H and O–H groups in total. The van der Waals surface area contributed by atoms with Crippen LogP contribution < -0.4 is 14.4 Å². The Labute approximate surface area is 307 Å². The maximum Gasteiger partial charge on any atom is 0.417 e. The molecule has 2 aromatic heterocycles. The van der Waals surface area contributed by atoms with E-state index in [1.54, 1.807) is 50.0 Å². The molecule has 0 fully saturated rings. The van der Waals surface area contributed by atoms with E-state index in [-0.39, 0.29) is 38.0 Å². The Morgan fingerprint density at radius 2 is 1.60 bits per heavy atom. The Hall–Kier alpha value is -3.93. The van der Waals surface area contributed by atoms with Gasteiger partial charge in [0.15, 0.2) is 6.54 Å². The van der Waals surface area contributed by atoms with Gasteiger partial charge < -0.3 is 23.3 Å². The molecule has 1 aliphatic heterocycles. The summed E-state index contributed by atoms with van der Waals surface area (Å²) in [5.41, 5.74) is 2.63. The van der Waals surface area contributed by atoms with Gasteiger partial charge in [0.1, 0.15) is 5.82 Å². The van der Waals surface area contributed by atoms with Crippen LogP contribution in [0.1, 0.15) is 37.6 Å². The first-order chi connectivity index (χ1) is 24.5. The molecule has 17 heteroatoms. The third-order valence-corrected chi connectivity index (χ3v) is 11.4. The quantitative estimate of drug-likeness (QED) is 0.0666. The van der Waals surface area contributed by atoms with Crippen molar-refractivity contribution < 1.29 is 48.1 Å². The number of halogens is 4. The number of rotatable bonds is 13. The average Bonchev–Trinajstić information content (AvgIpc) is 3.74. The summed E-state index contributed by atoms with van der Waals surface area (Å²) in [7, 11) is -8.95. The SMILES string of the molecule is CCN1/C(=C\C=C\c2oc3ccc(-c4ccc5sccc5c4)cc3[n+]2CCCS(=O)(=O)[O-])N(CCCCS(=O)(=O)[O-])c2cc(C(F)(F)F)c(Cl)cc21. The average molecular weight is 795 g/mol. The molecular weight excluding hydrogens is 763 g/mol. The number of hydrogen-bond acceptors (Lipinski definition) is 10. The number of thiophene rings is 1. The number of aromatic nitrogens is 1. The summed E-state index contributed by atoms with van der Waals surface area (Å²) in [6.45, 7) is 2.39. The number of allylic oxidation sites excluding steroid dienone is 2. The number of unbranched alkanes of at least 4 members (excludes halogenated alkanes) is 1. The van der Waals surface area contributed by atoms with Crippen molar-refractivity contribution >= 4 is 81.8 Å². The van der Waals surface area contributed by atoms with Crippen molar-refractivity contribution in [2.24, 2.45) is 0 Å². The third-order valence-electron chi connectivity index (χ3n) is 8.62. The molecule has 0 saturated carbocycles. The number of alkyl halides is 3. The zero-order valence-electron chi connectivity index (χ0n) is 27.6. The number of benzene rings is 3. The molecule has 1 aliphatic rings. The van der Waals surface area contributed by atoms with Crippen LogP contribution >= 0.6 is 22.9 Å². The van der Waals surface area contributed by atoms with E-state index in [1.807, 2.05) is 42.6 Å². The number of oxazole rings is 1. The van der Waals surface area contributed by atoms with Crippen LogP contribution in [-0.4, -0.2) is 50.5 Å². The highest BCUT2D eigenvalue weighted by Gasteiger charge is 2.38. The van der Waals surface area contributed by atoms with E-state index in [9.17, 15) is 39.1 Å². The van der Waals surface area contributed by atoms with Crippen molar-refractivity contribution in [3.05, 3.63) is 94.4 Å². The lowest BCUT2D eigenvalue weighted by atomic mass is 10.0. The summed E-state index contributed by atoms with van der Waals surface area (Å²) in [5.74, 6) is -0.389. The highest BCUT2D eigenvalue weighted by molar-refractivity contribution is 7.85. The topological polar surface area (TPSA) is 138 Å². The third kappa shape index (κ3) is 8.48. The predicted molar refractivity (Wildman–Crippen MR) is 194 cm³/mol. The largest absolute Gasteiger partial charge is 0.748 e. The van der Waals surface area contributed by atoms with E-state index in [4.69, 9.17) is 16.0 Å². The number of anilines is 2. The minimum atomic E-state index is -4.73. The minimum absolute atomic E-state index is 0.00774. The molecule has 276 valence electrons. The fraction of sp³-hybridized carbons (Fsp3) is 0.286. The maximum absolute atomic E-state index is 13.9. The number of aryl methyl sites for hydroxylation is 1. The van der Waals surface area contributed by atoms with Gasteiger partial charge in [-0.2, -0.15) is 17.7 Å². The zero-order valence-corrected chi connectivity index (χ0v) is 30.8. The van der Waals surface area contributed by atoms with Crippen molar-refractivity contribution in [2.75, 3.05) is 34.4 Å². The van der Waals surface area contributed by atoms with Crippen LogP contribution in [0, 0.1) is 0 Å². The minimum Gasteiger partial charge on any atom is -0.748 e. The van der Waals surface area contributed by atoms with Gasteiger partial charge in [0.05, 0.1) is 48.3 Å². The van der Waals surface area contributed by atoms with Gasteiger partial charge in [-0.15, -0.1) is 11.3 Å². The lowest BCUT2D eigenvalue weighted by molar-refractivity contribution is -0.677. The molecule has 0 bridgehead atoms. The predicted octanol–water partition coefficient (Wildman–Crippen LogP) is 7.74. The van der Waals surface area contributed by atoms with E-state index in [0.717, 1.165) is 27.3 Å². The molecule has 0 spiro atoms. The molecule has 5 aromatic rings. The molecule has 6 rings (SSSR count). The molecule has 0 aliphatic carbocycles. The van der Waals surface area contributed by atoms with Crippen molar-refractivity contribution in [2.45, 2.75) is 38.9 Å². The lowest BCUT2D eigenvalue weighted by Gasteiger charge is -2.24. The molecule has 52 heavy (non-hydrogen) atoms. The lowest BCUT2D eigenvalue weighted by Crippen LogP contribution is -2.36. The molecule has 0 unspecified atom stereocenters. The van der Waals surface area contributed by atoms with Crippen molar-refractivity contribution in [1.82, 2.24) is 0 Å². The van der Waals surface area contributed by atoms with E-state index in [1.165, 1.54) is 6.07 Å². The molecule has 0 atom stereocenters. The first-order valence-corrected chi connectivity index (χ1v) is 20.6. The first kappa shape index (κ1) is 37.8. The molecule has 0 radical (unpaired) electrons. The standard InChI is InChI=1S/C35H33ClF3N3O7S3/c1-2-40-29-22-27(36)26(35(37,38)39)21-28(29)41(14-3-4-17-51(43,44)45)33(40)7-5-8-34-42(15-6-18-52(46,47)48)30-20-24(9-11-31(30)49-34)23-10-12-32-25(19-23)13-16-50-32/h5,7-13,16,19-22H,2-4,6,14-15,17-18H2,1H3,(H-,43,44,45,46,47,48)/p-1. The zero-order chi connectivity index (χ0) is 37.4. The summed E-state index contributed by atoms with van der Waals surface area (Å²) in [6.07, 6.45) is 0.417. The van der Waals surface area contributed by atoms with Gasteiger partial charge in [0, 0.05) is 41.8 Å². The van der Waals surface area contributed by atoms with Gasteiger partial charge in [-0.3, -0.25) is 0 Å². The monoisotopic (exact) mass is 794 g/mol. The Kier molecular flexibility index (Phi) is 10.8. The van der Waals surface area contributed by atoms with Crippen LogP contribution in [0.5, 0.6) is 0 Å². The Balaban J connectivity index is 1.38. The van der Waals surface area contributed by atoms with E-state index in [2.05, 4.69) is 6.07 Å². The summed E-state index contributed by atoms with van der Waals surface area (Å²) < 4.78 is 119. The molecule has 3 heterocycles. The second-order valence-electron chi connectivity index (χ2n) is 12.1. The van der Waals surface area contributed by atoms with Crippen LogP contribution in [0.15, 0.2) is 82.4 Å². The summed E-state index contributed by atoms with van der Waals surface area (Å²) >= 11 is 7.73. The molecule has 0 amide bonds. The number of fused-ring (bicyclic) bond motifs is 3. The molecule has 3 aromatic carbocycles. The van der Waals surface area contributed by atoms with Gasteiger partial charge in [-0.1, -0.05) is 23.7 Å². The van der Waals surface area contributed by atoms with E-state index >= 15 is 0 Å². The van der Waals surface area contributed by atoms with Crippen LogP contribution in [0.2, 0.25) is 5.02 Å². The summed E-state index contributed by atoms with van der Waals surface area (Å²) in [5, 5.41) is 2.63. The molecular formula is C35H32ClF3N3O7S3-. The summed E-state index contributed by atoms with van der Waals surface area (Å²) in [4.78, 5) is 3.38. The van der Waals surface area contributed by atoms with Crippen LogP contribution in [0.4, 0.5) is 24.5 Å². The second kappa shape index (κ2) is 14.8. The van der Waals surface area contributed by atoms with E-state index in [0.29, 0.717) is 35.0 Å². The van der Waals surface area contributed by atoms with Gasteiger partial charge in [-0.05, 0) is 90.2 Å². The Bertz CT molecular complexity index is 2420. The molecule has 0 saturated heterocycles. The van der Waals surface area contributed by atoms with Crippen LogP contribution in [0.25, 0.3) is 38.4 Å². The van der Waals surface area contributed by atoms with Crippen molar-refractivity contribution in [3.63, 3.8) is 0 Å². The smallest absolute Gasteiger partial charge is 0.417 e. The summed E-state index contributed by atoms with van der Waals surface area (Å²) in [6, 6.07) is 16.0. The van der Waals surface area contributed by atoms with Gasteiger partial charge in [-0.25, -0.2) is 16.8 Å². The normalized spacial score (nSPS) is 14.9. The van der Waals surface area contributed by atoms with Crippen molar-refractivity contribution in [3.8, 4) is 11.1 Å². The van der Waals surface area contributed by atoms with Crippen LogP contribution in [-0.2, 0) is 33.0 Å². The molecule has 10 nitrogen and oxygen atoms in total. The number of hydrogen-bond donors (Lipinski definition) is 0. The Morgan fingerprint density at radius 3 is 2.31 bits per heavy atom. The van der Waals surface area contributed by atoms with Crippen molar-refractivity contribution in [1.29, 1.82) is 0 Å². The Morgan fingerprint density at radius 1 is 0.904 bits per heavy atom. The maximum atomic E-state index is 13.9. The van der Waals surface area contributed by atoms with Gasteiger partial charge in [0.25, 0.3) is 5.52 Å². The van der Waals surface area contributed by atoms with Gasteiger partial charge in [0.2, 0.25) is 5.58 Å². The fourth-order valence-corrected chi connectivity index (χ4v) is 8.36. The highest BCUT2D eigenvalue weighted by Crippen LogP contribution is 2.47. The second-order valence-corrected chi connectivity index (χ2v) is 16.5. The van der Waals surface area contributed by atoms with E-state index < -0.39 is 48.5 Å². The highest BCUT2D eigenvalue weighted by atomic mass is 35.5.